The second-order valence-corrected chi connectivity index (χ2v) is 8.64. The highest BCUT2D eigenvalue weighted by atomic mass is 35.5. The molecule has 0 saturated carbocycles. The molecule has 0 radical (unpaired) electrons. The average Bonchev–Trinajstić information content (AvgIpc) is 2.53. The van der Waals surface area contributed by atoms with Crippen molar-refractivity contribution in [3.63, 3.8) is 0 Å². The molecule has 2 aromatic rings. The normalized spacial score (nSPS) is 15.0. The van der Waals surface area contributed by atoms with E-state index in [4.69, 9.17) is 27.7 Å². The summed E-state index contributed by atoms with van der Waals surface area (Å²) in [6, 6.07) is 11.6. The summed E-state index contributed by atoms with van der Waals surface area (Å²) in [6.07, 6.45) is 0. The molecule has 23 heavy (non-hydrogen) atoms. The van der Waals surface area contributed by atoms with Crippen molar-refractivity contribution in [1.82, 2.24) is 0 Å². The Morgan fingerprint density at radius 2 is 1.74 bits per heavy atom. The minimum Gasteiger partial charge on any atom is -0.378 e. The van der Waals surface area contributed by atoms with E-state index in [0.717, 1.165) is 5.69 Å². The van der Waals surface area contributed by atoms with Gasteiger partial charge in [-0.05, 0) is 36.4 Å². The molecule has 2 aromatic carbocycles. The van der Waals surface area contributed by atoms with Gasteiger partial charge in [-0.1, -0.05) is 29.3 Å². The van der Waals surface area contributed by atoms with E-state index in [1.54, 1.807) is 24.3 Å². The van der Waals surface area contributed by atoms with Gasteiger partial charge in [0, 0.05) is 47.8 Å². The lowest BCUT2D eigenvalue weighted by molar-refractivity contribution is 0.229. The summed E-state index contributed by atoms with van der Waals surface area (Å²) >= 11 is 12.0. The van der Waals surface area contributed by atoms with Crippen molar-refractivity contribution in [3.05, 3.63) is 58.1 Å². The van der Waals surface area contributed by atoms with Crippen LogP contribution in [0.5, 0.6) is 0 Å². The summed E-state index contributed by atoms with van der Waals surface area (Å²) in [6.45, 7) is 0. The van der Waals surface area contributed by atoms with Crippen molar-refractivity contribution in [1.29, 1.82) is 0 Å². The van der Waals surface area contributed by atoms with E-state index in [9.17, 15) is 9.67 Å². The van der Waals surface area contributed by atoms with Crippen LogP contribution in [0.1, 0.15) is 11.4 Å². The van der Waals surface area contributed by atoms with Gasteiger partial charge in [0.1, 0.15) is 0 Å². The molecule has 0 spiro atoms. The number of rotatable bonds is 5. The lowest BCUT2D eigenvalue weighted by Gasteiger charge is -2.24. The molecule has 4 nitrogen and oxygen atoms in total. The topological polar surface area (TPSA) is 49.8 Å². The number of anilines is 1. The number of aliphatic hydroxyl groups excluding tert-OH is 1. The number of hydrogen-bond acceptors (Lipinski definition) is 4. The number of aliphatic hydroxyl groups is 1. The van der Waals surface area contributed by atoms with Crippen LogP contribution in [0.3, 0.4) is 0 Å². The quantitative estimate of drug-likeness (QED) is 0.793. The van der Waals surface area contributed by atoms with E-state index >= 15 is 0 Å². The van der Waals surface area contributed by atoms with Crippen molar-refractivity contribution in [2.24, 2.45) is 0 Å². The van der Waals surface area contributed by atoms with Gasteiger partial charge < -0.3 is 14.5 Å². The molecule has 0 bridgehead atoms. The predicted octanol–water partition coefficient (Wildman–Crippen LogP) is 4.30. The van der Waals surface area contributed by atoms with Crippen LogP contribution in [0.15, 0.2) is 42.5 Å². The molecule has 0 heterocycles. The molecule has 1 N–H and O–H groups in total. The molecular weight excluding hydrogens is 356 g/mol. The second-order valence-electron chi connectivity index (χ2n) is 5.23. The van der Waals surface area contributed by atoms with E-state index < -0.39 is 13.2 Å². The summed E-state index contributed by atoms with van der Waals surface area (Å²) in [4.78, 5) is 1.92. The van der Waals surface area contributed by atoms with Crippen LogP contribution in [0.4, 0.5) is 5.69 Å². The highest BCUT2D eigenvalue weighted by Gasteiger charge is 2.36. The van der Waals surface area contributed by atoms with Gasteiger partial charge in [0.2, 0.25) is 0 Å². The predicted molar refractivity (Wildman–Crippen MR) is 96.4 cm³/mol. The van der Waals surface area contributed by atoms with E-state index in [1.807, 2.05) is 31.1 Å². The minimum absolute atomic E-state index is 0.243. The first kappa shape index (κ1) is 18.3. The third-order valence-corrected chi connectivity index (χ3v) is 6.60. The fourth-order valence-corrected chi connectivity index (χ4v) is 4.64. The number of nitrogens with zero attached hydrogens (tertiary/aromatic N) is 1. The average molecular weight is 374 g/mol. The van der Waals surface area contributed by atoms with Gasteiger partial charge in [-0.25, -0.2) is 0 Å². The minimum atomic E-state index is -3.55. The van der Waals surface area contributed by atoms with Crippen LogP contribution < -0.4 is 10.2 Å². The van der Waals surface area contributed by atoms with Crippen LogP contribution in [-0.2, 0) is 9.09 Å². The van der Waals surface area contributed by atoms with E-state index in [-0.39, 0.29) is 5.02 Å². The molecule has 2 atom stereocenters. The summed E-state index contributed by atoms with van der Waals surface area (Å²) < 4.78 is 18.5. The number of hydrogen-bond donors (Lipinski definition) is 1. The van der Waals surface area contributed by atoms with E-state index in [2.05, 4.69) is 0 Å². The van der Waals surface area contributed by atoms with Gasteiger partial charge in [0.15, 0.2) is 5.85 Å². The zero-order valence-electron chi connectivity index (χ0n) is 13.0. The summed E-state index contributed by atoms with van der Waals surface area (Å²) in [7, 11) is 1.58. The number of benzene rings is 2. The highest BCUT2D eigenvalue weighted by Crippen LogP contribution is 2.58. The molecule has 0 amide bonds. The number of halogens is 2. The van der Waals surface area contributed by atoms with Crippen LogP contribution in [-0.4, -0.2) is 26.3 Å². The summed E-state index contributed by atoms with van der Waals surface area (Å²) in [5.74, 6) is -1.37. The second kappa shape index (κ2) is 7.25. The fraction of sp³-hybridized carbons (Fsp3) is 0.250. The van der Waals surface area contributed by atoms with Gasteiger partial charge in [0.05, 0.1) is 0 Å². The van der Waals surface area contributed by atoms with Crippen molar-refractivity contribution >= 4 is 41.6 Å². The lowest BCUT2D eigenvalue weighted by Crippen LogP contribution is -2.15. The van der Waals surface area contributed by atoms with Gasteiger partial charge in [0.25, 0.3) is 7.37 Å². The lowest BCUT2D eigenvalue weighted by atomic mass is 10.2. The molecule has 2 rings (SSSR count). The van der Waals surface area contributed by atoms with Crippen LogP contribution in [0.25, 0.3) is 0 Å². The van der Waals surface area contributed by atoms with Crippen molar-refractivity contribution in [3.8, 4) is 0 Å². The van der Waals surface area contributed by atoms with Crippen molar-refractivity contribution in [2.75, 3.05) is 26.1 Å². The fourth-order valence-electron chi connectivity index (χ4n) is 2.20. The molecule has 0 fully saturated rings. The Kier molecular flexibility index (Phi) is 5.77. The Labute approximate surface area is 146 Å². The summed E-state index contributed by atoms with van der Waals surface area (Å²) in [5, 5.41) is 11.7. The van der Waals surface area contributed by atoms with Crippen LogP contribution >= 0.6 is 30.6 Å². The van der Waals surface area contributed by atoms with Crippen LogP contribution in [0.2, 0.25) is 10.0 Å². The van der Waals surface area contributed by atoms with E-state index in [1.165, 1.54) is 13.2 Å². The molecule has 0 aromatic heterocycles. The zero-order valence-corrected chi connectivity index (χ0v) is 15.4. The van der Waals surface area contributed by atoms with Gasteiger partial charge in [-0.2, -0.15) is 0 Å². The third kappa shape index (κ3) is 3.73. The Hall–Kier alpha value is -1.03. The first-order valence-corrected chi connectivity index (χ1v) is 9.31. The smallest absolute Gasteiger partial charge is 0.263 e. The maximum absolute atomic E-state index is 13.2. The largest absolute Gasteiger partial charge is 0.378 e. The molecule has 0 aliphatic rings. The molecule has 0 aliphatic heterocycles. The molecule has 7 heteroatoms. The van der Waals surface area contributed by atoms with Crippen LogP contribution in [0, 0.1) is 0 Å². The van der Waals surface area contributed by atoms with Crippen molar-refractivity contribution in [2.45, 2.75) is 5.85 Å². The third-order valence-electron chi connectivity index (χ3n) is 3.56. The highest BCUT2D eigenvalue weighted by molar-refractivity contribution is 7.67. The summed E-state index contributed by atoms with van der Waals surface area (Å²) in [5.41, 5.74) is 1.27. The maximum Gasteiger partial charge on any atom is 0.263 e. The molecular formula is C16H18Cl2NO3P. The Bertz CT molecular complexity index is 735. The first-order chi connectivity index (χ1) is 10.8. The monoisotopic (exact) mass is 373 g/mol. The molecule has 0 saturated heterocycles. The Morgan fingerprint density at radius 3 is 2.22 bits per heavy atom. The molecule has 2 unspecified atom stereocenters. The molecule has 0 aliphatic carbocycles. The van der Waals surface area contributed by atoms with Gasteiger partial charge >= 0.3 is 0 Å². The van der Waals surface area contributed by atoms with Gasteiger partial charge in [-0.15, -0.1) is 0 Å². The van der Waals surface area contributed by atoms with Gasteiger partial charge in [-0.3, -0.25) is 4.57 Å². The standard InChI is InChI=1S/C16H18Cl2NO3P/c1-19(2)12-5-7-13(8-6-12)23(21,22-3)16(20)14-9-4-11(17)10-15(14)18/h4-10,16,20H,1-3H3. The van der Waals surface area contributed by atoms with Crippen molar-refractivity contribution < 1.29 is 14.2 Å². The molecule has 124 valence electrons. The maximum atomic E-state index is 13.2. The Morgan fingerprint density at radius 1 is 1.13 bits per heavy atom. The Balaban J connectivity index is 2.44. The SMILES string of the molecule is COP(=O)(c1ccc(N(C)C)cc1)C(O)c1ccc(Cl)cc1Cl. The van der Waals surface area contributed by atoms with E-state index in [0.29, 0.717) is 15.9 Å². The first-order valence-electron chi connectivity index (χ1n) is 6.86. The zero-order chi connectivity index (χ0) is 17.2.